The van der Waals surface area contributed by atoms with E-state index in [2.05, 4.69) is 15.0 Å². The van der Waals surface area contributed by atoms with Crippen molar-refractivity contribution in [1.29, 1.82) is 0 Å². The van der Waals surface area contributed by atoms with Gasteiger partial charge in [0.2, 0.25) is 5.91 Å². The third kappa shape index (κ3) is 3.72. The zero-order valence-electron chi connectivity index (χ0n) is 15.0. The van der Waals surface area contributed by atoms with Gasteiger partial charge in [-0.2, -0.15) is 0 Å². The summed E-state index contributed by atoms with van der Waals surface area (Å²) in [5.41, 5.74) is 1.24. The zero-order chi connectivity index (χ0) is 19.4. The molecule has 0 aliphatic rings. The lowest BCUT2D eigenvalue weighted by atomic mass is 10.1. The molecule has 0 bridgehead atoms. The normalized spacial score (nSPS) is 11.8. The maximum Gasteiger partial charge on any atom is 0.337 e. The Balaban J connectivity index is 1.85. The van der Waals surface area contributed by atoms with Gasteiger partial charge in [-0.3, -0.25) is 14.2 Å². The number of anilines is 1. The maximum absolute atomic E-state index is 12.7. The fraction of sp³-hybridized carbons (Fsp3) is 0.200. The van der Waals surface area contributed by atoms with E-state index in [9.17, 15) is 14.4 Å². The van der Waals surface area contributed by atoms with Crippen LogP contribution in [0.2, 0.25) is 0 Å². The van der Waals surface area contributed by atoms with E-state index in [0.717, 1.165) is 0 Å². The second-order valence-corrected chi connectivity index (χ2v) is 5.96. The average Bonchev–Trinajstić information content (AvgIpc) is 2.70. The Hall–Kier alpha value is -3.48. The summed E-state index contributed by atoms with van der Waals surface area (Å²) in [6, 6.07) is 12.7. The summed E-state index contributed by atoms with van der Waals surface area (Å²) >= 11 is 0. The Morgan fingerprint density at radius 3 is 2.52 bits per heavy atom. The van der Waals surface area contributed by atoms with Gasteiger partial charge in [0.05, 0.1) is 29.9 Å². The molecule has 2 aromatic carbocycles. The lowest BCUT2D eigenvalue weighted by Gasteiger charge is -2.18. The lowest BCUT2D eigenvalue weighted by Crippen LogP contribution is -2.33. The molecule has 0 saturated heterocycles. The molecular weight excluding hydrogens is 346 g/mol. The Kier molecular flexibility index (Phi) is 5.30. The first-order chi connectivity index (χ1) is 13.0. The number of nitrogens with zero attached hydrogens (tertiary/aromatic N) is 2. The third-order valence-electron chi connectivity index (χ3n) is 4.29. The van der Waals surface area contributed by atoms with Crippen molar-refractivity contribution in [3.05, 3.63) is 70.8 Å². The van der Waals surface area contributed by atoms with Crippen molar-refractivity contribution in [3.8, 4) is 0 Å². The summed E-state index contributed by atoms with van der Waals surface area (Å²) in [4.78, 5) is 41.2. The van der Waals surface area contributed by atoms with Crippen LogP contribution in [0.25, 0.3) is 10.9 Å². The molecule has 0 aliphatic carbocycles. The monoisotopic (exact) mass is 365 g/mol. The van der Waals surface area contributed by atoms with E-state index in [0.29, 0.717) is 28.6 Å². The van der Waals surface area contributed by atoms with E-state index in [1.165, 1.54) is 18.0 Å². The average molecular weight is 365 g/mol. The lowest BCUT2D eigenvalue weighted by molar-refractivity contribution is -0.119. The minimum Gasteiger partial charge on any atom is -0.465 e. The SMILES string of the molecule is CC[C@H](C(=O)Nc1ccc(C(=O)OC)cc1)n1cnc2ccccc2c1=O. The van der Waals surface area contributed by atoms with Gasteiger partial charge in [0.1, 0.15) is 6.04 Å². The first-order valence-electron chi connectivity index (χ1n) is 8.50. The molecule has 1 heterocycles. The number of para-hydroxylation sites is 1. The van der Waals surface area contributed by atoms with E-state index in [1.807, 2.05) is 6.92 Å². The standard InChI is InChI=1S/C20H19N3O4/c1-3-17(23-12-21-16-7-5-4-6-15(16)19(23)25)18(24)22-14-10-8-13(9-11-14)20(26)27-2/h4-12,17H,3H2,1-2H3,(H,22,24)/t17-/m1/s1. The largest absolute Gasteiger partial charge is 0.465 e. The molecule has 1 atom stereocenters. The van der Waals surface area contributed by atoms with Crippen molar-refractivity contribution >= 4 is 28.5 Å². The zero-order valence-corrected chi connectivity index (χ0v) is 15.0. The molecule has 0 aliphatic heterocycles. The highest BCUT2D eigenvalue weighted by molar-refractivity contribution is 5.95. The highest BCUT2D eigenvalue weighted by Gasteiger charge is 2.21. The summed E-state index contributed by atoms with van der Waals surface area (Å²) in [6.07, 6.45) is 1.82. The van der Waals surface area contributed by atoms with Crippen LogP contribution in [0.3, 0.4) is 0 Å². The van der Waals surface area contributed by atoms with Crippen LogP contribution in [-0.2, 0) is 9.53 Å². The van der Waals surface area contributed by atoms with E-state index in [1.54, 1.807) is 48.5 Å². The molecule has 0 spiro atoms. The summed E-state index contributed by atoms with van der Waals surface area (Å²) < 4.78 is 6.00. The summed E-state index contributed by atoms with van der Waals surface area (Å²) in [7, 11) is 1.30. The molecule has 3 aromatic rings. The third-order valence-corrected chi connectivity index (χ3v) is 4.29. The number of fused-ring (bicyclic) bond motifs is 1. The van der Waals surface area contributed by atoms with Crippen molar-refractivity contribution in [3.63, 3.8) is 0 Å². The van der Waals surface area contributed by atoms with Gasteiger partial charge in [-0.05, 0) is 42.8 Å². The molecule has 7 nitrogen and oxygen atoms in total. The number of methoxy groups -OCH3 is 1. The van der Waals surface area contributed by atoms with Crippen LogP contribution >= 0.6 is 0 Å². The van der Waals surface area contributed by atoms with E-state index in [-0.39, 0.29) is 11.5 Å². The van der Waals surface area contributed by atoms with Crippen LogP contribution in [0.4, 0.5) is 5.69 Å². The molecule has 0 radical (unpaired) electrons. The number of esters is 1. The first-order valence-corrected chi connectivity index (χ1v) is 8.50. The quantitative estimate of drug-likeness (QED) is 0.702. The molecular formula is C20H19N3O4. The van der Waals surface area contributed by atoms with Gasteiger partial charge < -0.3 is 10.1 Å². The van der Waals surface area contributed by atoms with Crippen LogP contribution in [-0.4, -0.2) is 28.5 Å². The molecule has 1 aromatic heterocycles. The molecule has 138 valence electrons. The number of carbonyl (C=O) groups is 2. The topological polar surface area (TPSA) is 90.3 Å². The molecule has 27 heavy (non-hydrogen) atoms. The number of hydrogen-bond acceptors (Lipinski definition) is 5. The molecule has 3 rings (SSSR count). The molecule has 0 fully saturated rings. The predicted molar refractivity (Wildman–Crippen MR) is 102 cm³/mol. The highest BCUT2D eigenvalue weighted by Crippen LogP contribution is 2.16. The second kappa shape index (κ2) is 7.82. The molecule has 1 N–H and O–H groups in total. The number of carbonyl (C=O) groups excluding carboxylic acids is 2. The van der Waals surface area contributed by atoms with Crippen molar-refractivity contribution in [2.75, 3.05) is 12.4 Å². The molecule has 1 amide bonds. The summed E-state index contributed by atoms with van der Waals surface area (Å²) in [5.74, 6) is -0.782. The van der Waals surface area contributed by atoms with Crippen LogP contribution in [0.5, 0.6) is 0 Å². The van der Waals surface area contributed by atoms with Crippen molar-refractivity contribution in [1.82, 2.24) is 9.55 Å². The smallest absolute Gasteiger partial charge is 0.337 e. The number of hydrogen-bond donors (Lipinski definition) is 1. The Morgan fingerprint density at radius 2 is 1.85 bits per heavy atom. The first kappa shape index (κ1) is 18.3. The Morgan fingerprint density at radius 1 is 1.15 bits per heavy atom. The van der Waals surface area contributed by atoms with Crippen LogP contribution in [0.15, 0.2) is 59.7 Å². The minimum absolute atomic E-state index is 0.261. The van der Waals surface area contributed by atoms with Gasteiger partial charge in [-0.1, -0.05) is 19.1 Å². The molecule has 0 saturated carbocycles. The van der Waals surface area contributed by atoms with Gasteiger partial charge >= 0.3 is 5.97 Å². The van der Waals surface area contributed by atoms with Crippen LogP contribution in [0.1, 0.15) is 29.7 Å². The number of benzene rings is 2. The Bertz CT molecular complexity index is 1040. The summed E-state index contributed by atoms with van der Waals surface area (Å²) in [5, 5.41) is 3.24. The molecule has 0 unspecified atom stereocenters. The maximum atomic E-state index is 12.7. The van der Waals surface area contributed by atoms with Gasteiger partial charge in [0.25, 0.3) is 5.56 Å². The van der Waals surface area contributed by atoms with Gasteiger partial charge in [-0.25, -0.2) is 9.78 Å². The number of amides is 1. The van der Waals surface area contributed by atoms with E-state index in [4.69, 9.17) is 0 Å². The van der Waals surface area contributed by atoms with E-state index >= 15 is 0 Å². The van der Waals surface area contributed by atoms with Gasteiger partial charge in [-0.15, -0.1) is 0 Å². The predicted octanol–water partition coefficient (Wildman–Crippen LogP) is 2.77. The number of aromatic nitrogens is 2. The van der Waals surface area contributed by atoms with E-state index < -0.39 is 12.0 Å². The van der Waals surface area contributed by atoms with Gasteiger partial charge in [0.15, 0.2) is 0 Å². The number of ether oxygens (including phenoxy) is 1. The Labute approximate surface area is 155 Å². The van der Waals surface area contributed by atoms with Crippen molar-refractivity contribution in [2.24, 2.45) is 0 Å². The van der Waals surface area contributed by atoms with Crippen molar-refractivity contribution < 1.29 is 14.3 Å². The fourth-order valence-corrected chi connectivity index (χ4v) is 2.85. The number of rotatable bonds is 5. The van der Waals surface area contributed by atoms with Crippen LogP contribution < -0.4 is 10.9 Å². The van der Waals surface area contributed by atoms with Crippen molar-refractivity contribution in [2.45, 2.75) is 19.4 Å². The number of nitrogens with one attached hydrogen (secondary N) is 1. The highest BCUT2D eigenvalue weighted by atomic mass is 16.5. The summed E-state index contributed by atoms with van der Waals surface area (Å²) in [6.45, 7) is 1.83. The second-order valence-electron chi connectivity index (χ2n) is 5.96. The fourth-order valence-electron chi connectivity index (χ4n) is 2.85. The van der Waals surface area contributed by atoms with Crippen LogP contribution in [0, 0.1) is 0 Å². The minimum atomic E-state index is -0.699. The molecule has 7 heteroatoms. The van der Waals surface area contributed by atoms with Gasteiger partial charge in [0, 0.05) is 5.69 Å².